The number of nitrogens with zero attached hydrogens (tertiary/aromatic N) is 3. The number of carbonyl (C=O) groups excluding carboxylic acids is 1. The lowest BCUT2D eigenvalue weighted by Crippen LogP contribution is -2.27. The van der Waals surface area contributed by atoms with Crippen molar-refractivity contribution in [3.8, 4) is 0 Å². The van der Waals surface area contributed by atoms with Gasteiger partial charge in [0.05, 0.1) is 10.5 Å². The fourth-order valence-electron chi connectivity index (χ4n) is 2.65. The third kappa shape index (κ3) is 3.07. The summed E-state index contributed by atoms with van der Waals surface area (Å²) in [6, 6.07) is 3.71. The first-order valence-corrected chi connectivity index (χ1v) is 9.21. The number of hydrogen-bond acceptors (Lipinski definition) is 6. The summed E-state index contributed by atoms with van der Waals surface area (Å²) in [5.74, 6) is 0.303. The molecule has 1 saturated heterocycles. The largest absolute Gasteiger partial charge is 0.370 e. The number of aromatic nitrogens is 2. The quantitative estimate of drug-likeness (QED) is 0.656. The summed E-state index contributed by atoms with van der Waals surface area (Å²) < 4.78 is 2.01. The zero-order valence-corrected chi connectivity index (χ0v) is 15.8. The number of thiocarbonyl (C=S) groups is 1. The van der Waals surface area contributed by atoms with Gasteiger partial charge in [-0.15, -0.1) is 0 Å². The van der Waals surface area contributed by atoms with Crippen molar-refractivity contribution < 1.29 is 4.79 Å². The second-order valence-electron chi connectivity index (χ2n) is 5.52. The predicted molar refractivity (Wildman–Crippen MR) is 106 cm³/mol. The highest BCUT2D eigenvalue weighted by Gasteiger charge is 2.31. The molecule has 0 spiro atoms. The van der Waals surface area contributed by atoms with E-state index in [2.05, 4.69) is 10.3 Å². The van der Waals surface area contributed by atoms with Crippen LogP contribution in [0.2, 0.25) is 0 Å². The molecule has 0 aliphatic carbocycles. The van der Waals surface area contributed by atoms with Crippen molar-refractivity contribution in [1.29, 1.82) is 0 Å². The van der Waals surface area contributed by atoms with Crippen LogP contribution in [-0.4, -0.2) is 37.6 Å². The first-order valence-electron chi connectivity index (χ1n) is 7.99. The third-order valence-electron chi connectivity index (χ3n) is 3.89. The van der Waals surface area contributed by atoms with Crippen molar-refractivity contribution >= 4 is 51.7 Å². The maximum Gasteiger partial charge on any atom is 0.267 e. The number of nitrogens with one attached hydrogen (secondary N) is 1. The number of likely N-dealkylation sites (N-methyl/N-ethyl adjacent to an activating group) is 1. The Kier molecular flexibility index (Phi) is 4.91. The molecule has 0 saturated carbocycles. The molecule has 1 aliphatic rings. The van der Waals surface area contributed by atoms with Crippen molar-refractivity contribution in [3.05, 3.63) is 44.7 Å². The van der Waals surface area contributed by atoms with Gasteiger partial charge in [-0.1, -0.05) is 30.0 Å². The molecule has 1 aliphatic heterocycles. The molecular weight excluding hydrogens is 356 g/mol. The summed E-state index contributed by atoms with van der Waals surface area (Å²) in [4.78, 5) is 32.0. The van der Waals surface area contributed by atoms with Crippen LogP contribution in [0.25, 0.3) is 11.7 Å². The maximum atomic E-state index is 13.0. The lowest BCUT2D eigenvalue weighted by molar-refractivity contribution is -0.121. The van der Waals surface area contributed by atoms with Crippen molar-refractivity contribution in [1.82, 2.24) is 14.3 Å². The van der Waals surface area contributed by atoms with Gasteiger partial charge in [0, 0.05) is 19.3 Å². The minimum atomic E-state index is -0.216. The van der Waals surface area contributed by atoms with Gasteiger partial charge in [0.25, 0.3) is 11.5 Å². The number of hydrogen-bond donors (Lipinski definition) is 1. The van der Waals surface area contributed by atoms with E-state index in [9.17, 15) is 9.59 Å². The fraction of sp³-hybridized carbons (Fsp3) is 0.294. The molecule has 130 valence electrons. The molecule has 0 aromatic carbocycles. The zero-order valence-electron chi connectivity index (χ0n) is 14.2. The summed E-state index contributed by atoms with van der Waals surface area (Å²) in [5, 5.41) is 3.13. The van der Waals surface area contributed by atoms with E-state index < -0.39 is 0 Å². The summed E-state index contributed by atoms with van der Waals surface area (Å²) in [6.45, 7) is 6.83. The highest BCUT2D eigenvalue weighted by atomic mass is 32.2. The van der Waals surface area contributed by atoms with E-state index in [1.807, 2.05) is 26.8 Å². The van der Waals surface area contributed by atoms with Crippen molar-refractivity contribution in [2.24, 2.45) is 0 Å². The number of fused-ring (bicyclic) bond motifs is 1. The summed E-state index contributed by atoms with van der Waals surface area (Å²) in [5.41, 5.74) is 1.65. The summed E-state index contributed by atoms with van der Waals surface area (Å²) in [6.07, 6.45) is 3.28. The number of aryl methyl sites for hydroxylation is 1. The van der Waals surface area contributed by atoms with Crippen LogP contribution in [0.3, 0.4) is 0 Å². The standard InChI is InChI=1S/C17H18N4O2S2/c1-4-18-13-11(9-12-16(23)20(5-2)17(24)25-12)15(22)21-8-6-7-10(3)14(21)19-13/h6-9,18H,4-5H2,1-3H3. The monoisotopic (exact) mass is 374 g/mol. The molecule has 0 atom stereocenters. The van der Waals surface area contributed by atoms with Gasteiger partial charge in [0.1, 0.15) is 15.8 Å². The Morgan fingerprint density at radius 3 is 2.76 bits per heavy atom. The van der Waals surface area contributed by atoms with Crippen LogP contribution in [0.5, 0.6) is 0 Å². The Bertz CT molecular complexity index is 965. The van der Waals surface area contributed by atoms with E-state index in [0.717, 1.165) is 5.56 Å². The van der Waals surface area contributed by atoms with Crippen molar-refractivity contribution in [2.45, 2.75) is 20.8 Å². The smallest absolute Gasteiger partial charge is 0.267 e. The van der Waals surface area contributed by atoms with Crippen molar-refractivity contribution in [2.75, 3.05) is 18.4 Å². The van der Waals surface area contributed by atoms with Crippen LogP contribution < -0.4 is 10.9 Å². The molecule has 3 heterocycles. The molecule has 1 fully saturated rings. The number of thioether (sulfide) groups is 1. The van der Waals surface area contributed by atoms with E-state index in [1.54, 1.807) is 18.3 Å². The average molecular weight is 374 g/mol. The van der Waals surface area contributed by atoms with E-state index in [4.69, 9.17) is 12.2 Å². The molecule has 1 N–H and O–H groups in total. The summed E-state index contributed by atoms with van der Waals surface area (Å²) >= 11 is 6.44. The fourth-order valence-corrected chi connectivity index (χ4v) is 4.01. The van der Waals surface area contributed by atoms with E-state index in [0.29, 0.717) is 39.3 Å². The molecule has 25 heavy (non-hydrogen) atoms. The van der Waals surface area contributed by atoms with Gasteiger partial charge in [0.2, 0.25) is 0 Å². The Morgan fingerprint density at radius 1 is 1.36 bits per heavy atom. The third-order valence-corrected chi connectivity index (χ3v) is 5.27. The minimum absolute atomic E-state index is 0.173. The van der Waals surface area contributed by atoms with Gasteiger partial charge in [-0.25, -0.2) is 4.98 Å². The minimum Gasteiger partial charge on any atom is -0.370 e. The second kappa shape index (κ2) is 6.97. The van der Waals surface area contributed by atoms with Gasteiger partial charge >= 0.3 is 0 Å². The first-order chi connectivity index (χ1) is 12.0. The van der Waals surface area contributed by atoms with E-state index >= 15 is 0 Å². The lowest BCUT2D eigenvalue weighted by atomic mass is 10.2. The van der Waals surface area contributed by atoms with Crippen LogP contribution in [0, 0.1) is 6.92 Å². The lowest BCUT2D eigenvalue weighted by Gasteiger charge is -2.11. The normalized spacial score (nSPS) is 16.3. The Balaban J connectivity index is 2.22. The van der Waals surface area contributed by atoms with Crippen LogP contribution in [0.4, 0.5) is 5.82 Å². The molecule has 2 aromatic heterocycles. The van der Waals surface area contributed by atoms with Crippen molar-refractivity contribution in [3.63, 3.8) is 0 Å². The van der Waals surface area contributed by atoms with Crippen LogP contribution in [0.15, 0.2) is 28.0 Å². The molecular formula is C17H18N4O2S2. The molecule has 0 radical (unpaired) electrons. The predicted octanol–water partition coefficient (Wildman–Crippen LogP) is 2.66. The molecule has 0 bridgehead atoms. The highest BCUT2D eigenvalue weighted by molar-refractivity contribution is 8.26. The van der Waals surface area contributed by atoms with Gasteiger partial charge in [0.15, 0.2) is 0 Å². The SMILES string of the molecule is CCNc1nc2c(C)cccn2c(=O)c1C=C1SC(=S)N(CC)C1=O. The Labute approximate surface area is 154 Å². The summed E-state index contributed by atoms with van der Waals surface area (Å²) in [7, 11) is 0. The average Bonchev–Trinajstić information content (AvgIpc) is 2.85. The van der Waals surface area contributed by atoms with Crippen LogP contribution in [0.1, 0.15) is 25.0 Å². The number of carbonyl (C=O) groups is 1. The molecule has 1 amide bonds. The molecule has 8 heteroatoms. The Hall–Kier alpha value is -2.19. The first kappa shape index (κ1) is 17.6. The highest BCUT2D eigenvalue weighted by Crippen LogP contribution is 2.32. The maximum absolute atomic E-state index is 13.0. The zero-order chi connectivity index (χ0) is 18.1. The molecule has 2 aromatic rings. The van der Waals surface area contributed by atoms with Gasteiger partial charge < -0.3 is 5.32 Å². The van der Waals surface area contributed by atoms with E-state index in [-0.39, 0.29) is 11.5 Å². The number of amides is 1. The number of rotatable bonds is 4. The second-order valence-corrected chi connectivity index (χ2v) is 7.20. The number of anilines is 1. The van der Waals surface area contributed by atoms with Crippen LogP contribution >= 0.6 is 24.0 Å². The molecule has 0 unspecified atom stereocenters. The van der Waals surface area contributed by atoms with Gasteiger partial charge in [-0.05, 0) is 38.5 Å². The Morgan fingerprint density at radius 2 is 2.12 bits per heavy atom. The van der Waals surface area contributed by atoms with Crippen LogP contribution in [-0.2, 0) is 4.79 Å². The molecule has 3 rings (SSSR count). The topological polar surface area (TPSA) is 66.7 Å². The molecule has 6 nitrogen and oxygen atoms in total. The van der Waals surface area contributed by atoms with E-state index in [1.165, 1.54) is 21.1 Å². The number of pyridine rings is 1. The van der Waals surface area contributed by atoms with Gasteiger partial charge in [-0.3, -0.25) is 18.9 Å². The van der Waals surface area contributed by atoms with Gasteiger partial charge in [-0.2, -0.15) is 0 Å².